The van der Waals surface area contributed by atoms with Crippen LogP contribution in [-0.4, -0.2) is 41.9 Å². The van der Waals surface area contributed by atoms with Gasteiger partial charge in [-0.05, 0) is 37.3 Å². The van der Waals surface area contributed by atoms with Gasteiger partial charge in [0, 0.05) is 19.0 Å². The maximum Gasteiger partial charge on any atom is 0.511 e. The summed E-state index contributed by atoms with van der Waals surface area (Å²) in [5, 5.41) is 14.7. The molecule has 1 aromatic heterocycles. The van der Waals surface area contributed by atoms with E-state index in [-0.39, 0.29) is 16.7 Å². The molecule has 0 aliphatic rings. The van der Waals surface area contributed by atoms with E-state index in [0.717, 1.165) is 16.8 Å². The average molecular weight is 484 g/mol. The van der Waals surface area contributed by atoms with Crippen molar-refractivity contribution in [2.75, 3.05) is 13.7 Å². The van der Waals surface area contributed by atoms with Gasteiger partial charge in [-0.2, -0.15) is 10.4 Å². The third-order valence-electron chi connectivity index (χ3n) is 5.40. The number of benzene rings is 1. The lowest BCUT2D eigenvalue weighted by Crippen LogP contribution is -2.22. The van der Waals surface area contributed by atoms with Gasteiger partial charge in [0.15, 0.2) is 12.4 Å². The highest BCUT2D eigenvalue weighted by atomic mass is 16.8. The fourth-order valence-electron chi connectivity index (χ4n) is 3.34. The van der Waals surface area contributed by atoms with E-state index < -0.39 is 25.0 Å². The smallest absolute Gasteiger partial charge is 0.466 e. The van der Waals surface area contributed by atoms with Gasteiger partial charge in [-0.15, -0.1) is 0 Å². The van der Waals surface area contributed by atoms with Crippen LogP contribution in [0.5, 0.6) is 0 Å². The lowest BCUT2D eigenvalue weighted by Gasteiger charge is -2.21. The quantitative estimate of drug-likeness (QED) is 0.226. The molecular weight excluding hydrogens is 450 g/mol. The summed E-state index contributed by atoms with van der Waals surface area (Å²) >= 11 is 0. The van der Waals surface area contributed by atoms with Gasteiger partial charge in [0.05, 0.1) is 12.8 Å². The molecular formula is C26H33N3O6. The van der Waals surface area contributed by atoms with Crippen LogP contribution in [0.1, 0.15) is 62.7 Å². The van der Waals surface area contributed by atoms with Crippen molar-refractivity contribution in [1.29, 1.82) is 5.26 Å². The van der Waals surface area contributed by atoms with E-state index in [4.69, 9.17) is 14.2 Å². The zero-order valence-corrected chi connectivity index (χ0v) is 21.6. The number of esters is 1. The fourth-order valence-corrected chi connectivity index (χ4v) is 3.34. The minimum Gasteiger partial charge on any atom is -0.466 e. The molecule has 0 N–H and O–H groups in total. The van der Waals surface area contributed by atoms with E-state index >= 15 is 0 Å². The number of allylic oxidation sites excluding steroid dienone is 1. The standard InChI is InChI=1S/C26H33N3O6/c1-9-29-23(16(2)17(3)28-29)24(34-18(4)35-25(31)33-15-22(30)32-8)21(14-27)19-10-12-20(13-11-19)26(5,6)7/h10-13,18H,9,15H2,1-8H3/b24-21-. The Morgan fingerprint density at radius 3 is 2.29 bits per heavy atom. The van der Waals surface area contributed by atoms with Crippen molar-refractivity contribution in [1.82, 2.24) is 9.78 Å². The van der Waals surface area contributed by atoms with Crippen molar-refractivity contribution in [3.63, 3.8) is 0 Å². The third kappa shape index (κ3) is 6.85. The third-order valence-corrected chi connectivity index (χ3v) is 5.40. The van der Waals surface area contributed by atoms with Gasteiger partial charge in [-0.1, -0.05) is 45.0 Å². The molecule has 1 heterocycles. The van der Waals surface area contributed by atoms with Gasteiger partial charge in [-0.3, -0.25) is 4.68 Å². The van der Waals surface area contributed by atoms with Crippen molar-refractivity contribution < 1.29 is 28.5 Å². The van der Waals surface area contributed by atoms with Crippen LogP contribution in [0.4, 0.5) is 4.79 Å². The monoisotopic (exact) mass is 483 g/mol. The van der Waals surface area contributed by atoms with Crippen molar-refractivity contribution in [3.8, 4) is 6.07 Å². The molecule has 1 unspecified atom stereocenters. The van der Waals surface area contributed by atoms with E-state index in [9.17, 15) is 14.9 Å². The molecule has 9 heteroatoms. The molecule has 35 heavy (non-hydrogen) atoms. The Kier molecular flexibility index (Phi) is 9.06. The van der Waals surface area contributed by atoms with E-state index in [1.54, 1.807) is 4.68 Å². The van der Waals surface area contributed by atoms with Gasteiger partial charge in [0.2, 0.25) is 6.29 Å². The summed E-state index contributed by atoms with van der Waals surface area (Å²) in [7, 11) is 1.18. The number of ether oxygens (including phenoxy) is 4. The van der Waals surface area contributed by atoms with E-state index in [2.05, 4.69) is 36.7 Å². The maximum absolute atomic E-state index is 12.0. The summed E-state index contributed by atoms with van der Waals surface area (Å²) in [5.74, 6) is -0.497. The second kappa shape index (κ2) is 11.6. The van der Waals surface area contributed by atoms with Gasteiger partial charge >= 0.3 is 12.1 Å². The summed E-state index contributed by atoms with van der Waals surface area (Å²) in [6.07, 6.45) is -2.24. The molecule has 0 saturated heterocycles. The van der Waals surface area contributed by atoms with E-state index in [1.165, 1.54) is 14.0 Å². The number of rotatable bonds is 8. The highest BCUT2D eigenvalue weighted by Crippen LogP contribution is 2.33. The number of carbonyl (C=O) groups is 2. The SMILES string of the molecule is CCn1nc(C)c(C)c1/C(OC(C)OC(=O)OCC(=O)OC)=C(\C#N)c1ccc(C(C)(C)C)cc1. The lowest BCUT2D eigenvalue weighted by atomic mass is 9.86. The molecule has 188 valence electrons. The number of nitriles is 1. The van der Waals surface area contributed by atoms with E-state index in [1.807, 2.05) is 45.0 Å². The largest absolute Gasteiger partial charge is 0.511 e. The summed E-state index contributed by atoms with van der Waals surface area (Å²) in [5.41, 5.74) is 4.22. The lowest BCUT2D eigenvalue weighted by molar-refractivity contribution is -0.146. The van der Waals surface area contributed by atoms with Crippen LogP contribution >= 0.6 is 0 Å². The van der Waals surface area contributed by atoms with Crippen molar-refractivity contribution in [2.24, 2.45) is 0 Å². The highest BCUT2D eigenvalue weighted by molar-refractivity contribution is 5.94. The van der Waals surface area contributed by atoms with Crippen molar-refractivity contribution >= 4 is 23.5 Å². The van der Waals surface area contributed by atoms with Crippen LogP contribution in [0.15, 0.2) is 24.3 Å². The van der Waals surface area contributed by atoms with Crippen LogP contribution in [0.3, 0.4) is 0 Å². The molecule has 0 radical (unpaired) electrons. The molecule has 0 aliphatic heterocycles. The Morgan fingerprint density at radius 1 is 1.14 bits per heavy atom. The predicted molar refractivity (Wildman–Crippen MR) is 130 cm³/mol. The average Bonchev–Trinajstić information content (AvgIpc) is 3.10. The number of hydrogen-bond acceptors (Lipinski definition) is 8. The molecule has 9 nitrogen and oxygen atoms in total. The van der Waals surface area contributed by atoms with Crippen LogP contribution in [0.2, 0.25) is 0 Å². The van der Waals surface area contributed by atoms with Crippen LogP contribution in [0.25, 0.3) is 11.3 Å². The summed E-state index contributed by atoms with van der Waals surface area (Å²) < 4.78 is 22.1. The zero-order valence-electron chi connectivity index (χ0n) is 21.6. The topological polar surface area (TPSA) is 113 Å². The first kappa shape index (κ1) is 27.4. The molecule has 0 spiro atoms. The van der Waals surface area contributed by atoms with E-state index in [0.29, 0.717) is 17.8 Å². The van der Waals surface area contributed by atoms with Crippen LogP contribution < -0.4 is 0 Å². The predicted octanol–water partition coefficient (Wildman–Crippen LogP) is 4.90. The number of carbonyl (C=O) groups excluding carboxylic acids is 2. The molecule has 1 aromatic carbocycles. The minimum absolute atomic E-state index is 0.0458. The molecule has 0 amide bonds. The molecule has 0 bridgehead atoms. The molecule has 1 atom stereocenters. The Balaban J connectivity index is 2.52. The Labute approximate surface area is 206 Å². The van der Waals surface area contributed by atoms with Crippen molar-refractivity contribution in [3.05, 3.63) is 52.3 Å². The Bertz CT molecular complexity index is 1130. The first-order chi connectivity index (χ1) is 16.4. The summed E-state index contributed by atoms with van der Waals surface area (Å²) in [6, 6.07) is 9.94. The fraction of sp³-hybridized carbons (Fsp3) is 0.462. The first-order valence-electron chi connectivity index (χ1n) is 11.3. The molecule has 0 saturated carbocycles. The number of aromatic nitrogens is 2. The summed E-state index contributed by atoms with van der Waals surface area (Å²) in [6.45, 7) is 13.5. The van der Waals surface area contributed by atoms with Gasteiger partial charge in [0.1, 0.15) is 17.3 Å². The van der Waals surface area contributed by atoms with Gasteiger partial charge < -0.3 is 18.9 Å². The highest BCUT2D eigenvalue weighted by Gasteiger charge is 2.25. The number of methoxy groups -OCH3 is 1. The zero-order chi connectivity index (χ0) is 26.3. The number of aryl methyl sites for hydroxylation is 2. The Morgan fingerprint density at radius 2 is 1.77 bits per heavy atom. The van der Waals surface area contributed by atoms with Gasteiger partial charge in [0.25, 0.3) is 0 Å². The second-order valence-electron chi connectivity index (χ2n) is 8.94. The normalized spacial score (nSPS) is 12.8. The molecule has 2 rings (SSSR count). The van der Waals surface area contributed by atoms with Crippen molar-refractivity contribution in [2.45, 2.75) is 66.7 Å². The summed E-state index contributed by atoms with van der Waals surface area (Å²) in [4.78, 5) is 23.2. The molecule has 2 aromatic rings. The molecule has 0 fully saturated rings. The van der Waals surface area contributed by atoms with Gasteiger partial charge in [-0.25, -0.2) is 9.59 Å². The maximum atomic E-state index is 12.0. The minimum atomic E-state index is -1.13. The van der Waals surface area contributed by atoms with Crippen LogP contribution in [-0.2, 0) is 35.7 Å². The first-order valence-corrected chi connectivity index (χ1v) is 11.3. The molecule has 0 aliphatic carbocycles. The number of nitrogens with zero attached hydrogens (tertiary/aromatic N) is 3. The number of hydrogen-bond donors (Lipinski definition) is 0. The van der Waals surface area contributed by atoms with Crippen LogP contribution in [0, 0.1) is 25.2 Å². The Hall–Kier alpha value is -3.80. The second-order valence-corrected chi connectivity index (χ2v) is 8.94.